The largest absolute Gasteiger partial charge is 0.480 e. The molecule has 0 aromatic heterocycles. The fourth-order valence-electron chi connectivity index (χ4n) is 3.26. The lowest BCUT2D eigenvalue weighted by Gasteiger charge is -2.31. The van der Waals surface area contributed by atoms with Crippen molar-refractivity contribution in [1.29, 1.82) is 0 Å². The Morgan fingerprint density at radius 2 is 2.00 bits per heavy atom. The highest BCUT2D eigenvalue weighted by Crippen LogP contribution is 2.48. The van der Waals surface area contributed by atoms with Gasteiger partial charge in [-0.1, -0.05) is 6.42 Å². The van der Waals surface area contributed by atoms with Crippen LogP contribution in [0.2, 0.25) is 0 Å². The zero-order valence-corrected chi connectivity index (χ0v) is 10.3. The summed E-state index contributed by atoms with van der Waals surface area (Å²) in [6.45, 7) is 0.839. The molecule has 3 nitrogen and oxygen atoms in total. The first kappa shape index (κ1) is 13.6. The predicted molar refractivity (Wildman–Crippen MR) is 59.0 cm³/mol. The molecule has 0 heterocycles. The quantitative estimate of drug-likeness (QED) is 0.820. The fourth-order valence-corrected chi connectivity index (χ4v) is 3.26. The summed E-state index contributed by atoms with van der Waals surface area (Å²) in [5, 5.41) is 11.0. The Balaban J connectivity index is 1.97. The average Bonchev–Trinajstić information content (AvgIpc) is 2.85. The molecule has 2 rings (SSSR count). The van der Waals surface area contributed by atoms with Crippen molar-refractivity contribution in [1.82, 2.24) is 5.32 Å². The Morgan fingerprint density at radius 1 is 1.33 bits per heavy atom. The highest BCUT2D eigenvalue weighted by atomic mass is 19.4. The normalized spacial score (nSPS) is 34.6. The van der Waals surface area contributed by atoms with Gasteiger partial charge in [-0.25, -0.2) is 4.79 Å². The van der Waals surface area contributed by atoms with Crippen LogP contribution in [0.5, 0.6) is 0 Å². The molecule has 4 atom stereocenters. The van der Waals surface area contributed by atoms with Crippen LogP contribution in [0.4, 0.5) is 13.2 Å². The van der Waals surface area contributed by atoms with Crippen molar-refractivity contribution in [2.45, 2.75) is 44.3 Å². The SMILES string of the molecule is CC(NCC1CC2CCC1C2)(C(=O)O)C(F)(F)F. The summed E-state index contributed by atoms with van der Waals surface area (Å²) in [4.78, 5) is 10.9. The number of hydrogen-bond donors (Lipinski definition) is 2. The predicted octanol–water partition coefficient (Wildman–Crippen LogP) is 2.42. The number of aliphatic carboxylic acids is 1. The molecule has 2 fully saturated rings. The van der Waals surface area contributed by atoms with Gasteiger partial charge >= 0.3 is 12.1 Å². The Morgan fingerprint density at radius 3 is 2.39 bits per heavy atom. The minimum absolute atomic E-state index is 0.142. The lowest BCUT2D eigenvalue weighted by Crippen LogP contribution is -2.61. The zero-order chi connectivity index (χ0) is 13.6. The number of alkyl halides is 3. The minimum atomic E-state index is -4.78. The average molecular weight is 265 g/mol. The number of nitrogens with one attached hydrogen (secondary N) is 1. The fraction of sp³-hybridized carbons (Fsp3) is 0.917. The smallest absolute Gasteiger partial charge is 0.417 e. The maximum absolute atomic E-state index is 12.8. The van der Waals surface area contributed by atoms with Crippen LogP contribution >= 0.6 is 0 Å². The summed E-state index contributed by atoms with van der Waals surface area (Å²) in [6.07, 6.45) is -0.493. The molecule has 0 spiro atoms. The number of carboxylic acids is 1. The standard InChI is InChI=1S/C12H18F3NO2/c1-11(10(17)18,12(13,14)15)16-6-9-5-7-2-3-8(9)4-7/h7-9,16H,2-6H2,1H3,(H,17,18). The van der Waals surface area contributed by atoms with E-state index in [9.17, 15) is 18.0 Å². The lowest BCUT2D eigenvalue weighted by molar-refractivity contribution is -0.206. The number of carbonyl (C=O) groups is 1. The molecule has 0 aliphatic heterocycles. The van der Waals surface area contributed by atoms with E-state index in [0.717, 1.165) is 19.3 Å². The number of carboxylic acid groups (broad SMARTS) is 1. The molecule has 2 bridgehead atoms. The van der Waals surface area contributed by atoms with E-state index in [4.69, 9.17) is 5.11 Å². The van der Waals surface area contributed by atoms with Gasteiger partial charge in [-0.2, -0.15) is 13.2 Å². The van der Waals surface area contributed by atoms with E-state index in [-0.39, 0.29) is 12.5 Å². The molecule has 0 aromatic carbocycles. The van der Waals surface area contributed by atoms with Gasteiger partial charge in [0.2, 0.25) is 5.54 Å². The number of rotatable bonds is 4. The molecule has 0 amide bonds. The molecule has 104 valence electrons. The lowest BCUT2D eigenvalue weighted by atomic mass is 9.88. The van der Waals surface area contributed by atoms with E-state index in [0.29, 0.717) is 18.8 Å². The van der Waals surface area contributed by atoms with Gasteiger partial charge in [0, 0.05) is 0 Å². The Bertz CT molecular complexity index is 345. The number of halogens is 3. The monoisotopic (exact) mass is 265 g/mol. The van der Waals surface area contributed by atoms with Gasteiger partial charge in [0.15, 0.2) is 0 Å². The van der Waals surface area contributed by atoms with Gasteiger partial charge in [-0.3, -0.25) is 5.32 Å². The Kier molecular flexibility index (Phi) is 3.34. The third kappa shape index (κ3) is 2.22. The van der Waals surface area contributed by atoms with Crippen molar-refractivity contribution < 1.29 is 23.1 Å². The summed E-state index contributed by atoms with van der Waals surface area (Å²) >= 11 is 0. The van der Waals surface area contributed by atoms with Crippen LogP contribution in [0, 0.1) is 17.8 Å². The Labute approximate surface area is 104 Å². The maximum atomic E-state index is 12.8. The van der Waals surface area contributed by atoms with Crippen molar-refractivity contribution in [2.24, 2.45) is 17.8 Å². The van der Waals surface area contributed by atoms with Crippen LogP contribution in [-0.4, -0.2) is 29.3 Å². The van der Waals surface area contributed by atoms with Crippen LogP contribution in [0.25, 0.3) is 0 Å². The first-order valence-corrected chi connectivity index (χ1v) is 6.29. The van der Waals surface area contributed by atoms with Crippen LogP contribution < -0.4 is 5.32 Å². The molecule has 2 saturated carbocycles. The molecular formula is C12H18F3NO2. The van der Waals surface area contributed by atoms with Crippen molar-refractivity contribution in [3.63, 3.8) is 0 Å². The van der Waals surface area contributed by atoms with Crippen molar-refractivity contribution in [2.75, 3.05) is 6.54 Å². The second kappa shape index (κ2) is 4.40. The maximum Gasteiger partial charge on any atom is 0.417 e. The minimum Gasteiger partial charge on any atom is -0.480 e. The molecular weight excluding hydrogens is 247 g/mol. The third-order valence-electron chi connectivity index (χ3n) is 4.60. The molecule has 2 aliphatic rings. The Hall–Kier alpha value is -0.780. The summed E-state index contributed by atoms with van der Waals surface area (Å²) in [7, 11) is 0. The van der Waals surface area contributed by atoms with Crippen molar-refractivity contribution in [3.05, 3.63) is 0 Å². The molecule has 0 radical (unpaired) electrons. The molecule has 4 unspecified atom stereocenters. The topological polar surface area (TPSA) is 49.3 Å². The van der Waals surface area contributed by atoms with Gasteiger partial charge in [0.1, 0.15) is 0 Å². The van der Waals surface area contributed by atoms with E-state index >= 15 is 0 Å². The molecule has 6 heteroatoms. The highest BCUT2D eigenvalue weighted by molar-refractivity contribution is 5.79. The zero-order valence-electron chi connectivity index (χ0n) is 10.3. The molecule has 2 aliphatic carbocycles. The summed E-state index contributed by atoms with van der Waals surface area (Å²) in [6, 6.07) is 0. The van der Waals surface area contributed by atoms with Gasteiger partial charge in [-0.05, 0) is 50.5 Å². The second-order valence-corrected chi connectivity index (χ2v) is 5.74. The van der Waals surface area contributed by atoms with Crippen LogP contribution in [-0.2, 0) is 4.79 Å². The van der Waals surface area contributed by atoms with E-state index in [2.05, 4.69) is 5.32 Å². The van der Waals surface area contributed by atoms with Crippen molar-refractivity contribution >= 4 is 5.97 Å². The van der Waals surface area contributed by atoms with Gasteiger partial charge in [-0.15, -0.1) is 0 Å². The first-order valence-electron chi connectivity index (χ1n) is 6.29. The van der Waals surface area contributed by atoms with E-state index in [1.807, 2.05) is 0 Å². The van der Waals surface area contributed by atoms with Gasteiger partial charge in [0.05, 0.1) is 0 Å². The molecule has 0 aromatic rings. The van der Waals surface area contributed by atoms with E-state index in [1.54, 1.807) is 0 Å². The van der Waals surface area contributed by atoms with E-state index < -0.39 is 17.7 Å². The highest BCUT2D eigenvalue weighted by Gasteiger charge is 2.57. The van der Waals surface area contributed by atoms with Crippen LogP contribution in [0.3, 0.4) is 0 Å². The molecule has 2 N–H and O–H groups in total. The van der Waals surface area contributed by atoms with Crippen molar-refractivity contribution in [3.8, 4) is 0 Å². The van der Waals surface area contributed by atoms with Gasteiger partial charge < -0.3 is 5.11 Å². The number of fused-ring (bicyclic) bond motifs is 2. The second-order valence-electron chi connectivity index (χ2n) is 5.74. The summed E-state index contributed by atoms with van der Waals surface area (Å²) < 4.78 is 38.3. The van der Waals surface area contributed by atoms with Crippen LogP contribution in [0.15, 0.2) is 0 Å². The summed E-state index contributed by atoms with van der Waals surface area (Å²) in [5.74, 6) is -0.541. The third-order valence-corrected chi connectivity index (χ3v) is 4.60. The first-order chi connectivity index (χ1) is 8.24. The van der Waals surface area contributed by atoms with E-state index in [1.165, 1.54) is 6.42 Å². The molecule has 18 heavy (non-hydrogen) atoms. The van der Waals surface area contributed by atoms with Gasteiger partial charge in [0.25, 0.3) is 0 Å². The van der Waals surface area contributed by atoms with Crippen LogP contribution in [0.1, 0.15) is 32.6 Å². The number of hydrogen-bond acceptors (Lipinski definition) is 2. The molecule has 0 saturated heterocycles. The summed E-state index contributed by atoms with van der Waals surface area (Å²) in [5.41, 5.74) is -2.84.